The van der Waals surface area contributed by atoms with Crippen molar-refractivity contribution in [3.8, 4) is 0 Å². The molecule has 2 saturated heterocycles. The van der Waals surface area contributed by atoms with Crippen molar-refractivity contribution in [1.82, 2.24) is 25.1 Å². The van der Waals surface area contributed by atoms with E-state index in [1.54, 1.807) is 6.33 Å². The molecule has 4 rings (SSSR count). The Morgan fingerprint density at radius 2 is 2.07 bits per heavy atom. The number of hydrogen-bond acceptors (Lipinski definition) is 6. The lowest BCUT2D eigenvalue weighted by molar-refractivity contribution is 0.0366. The van der Waals surface area contributed by atoms with Crippen LogP contribution in [0.25, 0.3) is 11.0 Å². The Labute approximate surface area is 165 Å². The standard InChI is InChI=1S/C20H30N6O2/c1-4-5-8-26-18-16(15(24-26)11-14(2)3)17(22-13-23-18)25-9-6-20(7-10-25)12-21-19(27)28-20/h13-14H,4-12H2,1-3H3,(H,21,27). The summed E-state index contributed by atoms with van der Waals surface area (Å²) in [6.45, 7) is 9.72. The number of carbonyl (C=O) groups excluding carboxylic acids is 1. The van der Waals surface area contributed by atoms with Gasteiger partial charge in [-0.15, -0.1) is 0 Å². The Morgan fingerprint density at radius 1 is 1.29 bits per heavy atom. The molecule has 28 heavy (non-hydrogen) atoms. The lowest BCUT2D eigenvalue weighted by Gasteiger charge is -2.37. The molecule has 0 unspecified atom stereocenters. The number of amides is 1. The van der Waals surface area contributed by atoms with Gasteiger partial charge in [0.05, 0.1) is 17.6 Å². The number of alkyl carbamates (subject to hydrolysis) is 1. The van der Waals surface area contributed by atoms with E-state index in [0.29, 0.717) is 12.5 Å². The number of unbranched alkanes of at least 4 members (excludes halogenated alkanes) is 1. The first-order valence-corrected chi connectivity index (χ1v) is 10.4. The lowest BCUT2D eigenvalue weighted by Crippen LogP contribution is -2.47. The molecule has 8 heteroatoms. The number of aromatic nitrogens is 4. The highest BCUT2D eigenvalue weighted by Crippen LogP contribution is 2.34. The molecular formula is C20H30N6O2. The van der Waals surface area contributed by atoms with Crippen molar-refractivity contribution < 1.29 is 9.53 Å². The van der Waals surface area contributed by atoms with E-state index in [-0.39, 0.29) is 11.7 Å². The maximum atomic E-state index is 11.5. The monoisotopic (exact) mass is 386 g/mol. The van der Waals surface area contributed by atoms with Gasteiger partial charge in [0.1, 0.15) is 17.7 Å². The normalized spacial score (nSPS) is 18.9. The fraction of sp³-hybridized carbons (Fsp3) is 0.700. The molecule has 0 atom stereocenters. The van der Waals surface area contributed by atoms with Crippen molar-refractivity contribution in [2.75, 3.05) is 24.5 Å². The third-order valence-corrected chi connectivity index (χ3v) is 5.75. The number of fused-ring (bicyclic) bond motifs is 1. The van der Waals surface area contributed by atoms with E-state index in [2.05, 4.69) is 45.6 Å². The number of hydrogen-bond donors (Lipinski definition) is 1. The number of rotatable bonds is 6. The SMILES string of the molecule is CCCCn1nc(CC(C)C)c2c(N3CCC4(CC3)CNC(=O)O4)ncnc21. The van der Waals surface area contributed by atoms with Gasteiger partial charge in [0.25, 0.3) is 0 Å². The molecule has 1 spiro atoms. The summed E-state index contributed by atoms with van der Waals surface area (Å²) >= 11 is 0. The fourth-order valence-electron chi connectivity index (χ4n) is 4.20. The van der Waals surface area contributed by atoms with Crippen molar-refractivity contribution in [3.63, 3.8) is 0 Å². The molecule has 0 aromatic carbocycles. The molecule has 0 saturated carbocycles. The number of carbonyl (C=O) groups is 1. The maximum Gasteiger partial charge on any atom is 0.407 e. The predicted octanol–water partition coefficient (Wildman–Crippen LogP) is 2.90. The van der Waals surface area contributed by atoms with Gasteiger partial charge in [-0.2, -0.15) is 5.10 Å². The number of anilines is 1. The first-order valence-electron chi connectivity index (χ1n) is 10.4. The van der Waals surface area contributed by atoms with Crippen LogP contribution in [0.15, 0.2) is 6.33 Å². The summed E-state index contributed by atoms with van der Waals surface area (Å²) in [7, 11) is 0. The van der Waals surface area contributed by atoms with E-state index in [1.165, 1.54) is 0 Å². The molecule has 0 aliphatic carbocycles. The summed E-state index contributed by atoms with van der Waals surface area (Å²) in [4.78, 5) is 23.0. The van der Waals surface area contributed by atoms with Crippen LogP contribution in [0.3, 0.4) is 0 Å². The van der Waals surface area contributed by atoms with E-state index in [0.717, 1.165) is 74.3 Å². The lowest BCUT2D eigenvalue weighted by atomic mass is 9.91. The Kier molecular flexibility index (Phi) is 5.12. The average Bonchev–Trinajstić information content (AvgIpc) is 3.21. The molecule has 2 aliphatic rings. The largest absolute Gasteiger partial charge is 0.441 e. The van der Waals surface area contributed by atoms with Gasteiger partial charge in [-0.1, -0.05) is 27.2 Å². The van der Waals surface area contributed by atoms with Crippen LogP contribution in [0.5, 0.6) is 0 Å². The number of nitrogens with zero attached hydrogens (tertiary/aromatic N) is 5. The maximum absolute atomic E-state index is 11.5. The van der Waals surface area contributed by atoms with Crippen molar-refractivity contribution in [2.45, 2.75) is 65.0 Å². The predicted molar refractivity (Wildman–Crippen MR) is 107 cm³/mol. The number of ether oxygens (including phenoxy) is 1. The van der Waals surface area contributed by atoms with Gasteiger partial charge in [0.15, 0.2) is 5.65 Å². The Hall–Kier alpha value is -2.38. The topological polar surface area (TPSA) is 85.2 Å². The molecule has 1 N–H and O–H groups in total. The molecule has 0 radical (unpaired) electrons. The first kappa shape index (κ1) is 19.0. The van der Waals surface area contributed by atoms with Gasteiger partial charge in [0, 0.05) is 32.5 Å². The molecule has 0 bridgehead atoms. The first-order chi connectivity index (χ1) is 13.5. The van der Waals surface area contributed by atoms with E-state index in [4.69, 9.17) is 9.84 Å². The summed E-state index contributed by atoms with van der Waals surface area (Å²) in [5.74, 6) is 1.48. The number of aryl methyl sites for hydroxylation is 1. The minimum Gasteiger partial charge on any atom is -0.441 e. The molecule has 1 amide bonds. The second kappa shape index (κ2) is 7.56. The minimum absolute atomic E-state index is 0.297. The molecule has 8 nitrogen and oxygen atoms in total. The van der Waals surface area contributed by atoms with Crippen molar-refractivity contribution in [2.24, 2.45) is 5.92 Å². The van der Waals surface area contributed by atoms with Crippen LogP contribution in [-0.2, 0) is 17.7 Å². The third kappa shape index (κ3) is 3.52. The quantitative estimate of drug-likeness (QED) is 0.822. The third-order valence-electron chi connectivity index (χ3n) is 5.75. The minimum atomic E-state index is -0.355. The van der Waals surface area contributed by atoms with E-state index < -0.39 is 0 Å². The van der Waals surface area contributed by atoms with Crippen LogP contribution in [0, 0.1) is 5.92 Å². The van der Waals surface area contributed by atoms with E-state index in [1.807, 2.05) is 0 Å². The molecular weight excluding hydrogens is 356 g/mol. The van der Waals surface area contributed by atoms with Gasteiger partial charge in [0.2, 0.25) is 0 Å². The zero-order valence-corrected chi connectivity index (χ0v) is 17.1. The molecule has 152 valence electrons. The second-order valence-electron chi connectivity index (χ2n) is 8.43. The highest BCUT2D eigenvalue weighted by atomic mass is 16.6. The van der Waals surface area contributed by atoms with Crippen LogP contribution in [0.1, 0.15) is 52.1 Å². The van der Waals surface area contributed by atoms with Gasteiger partial charge < -0.3 is 15.0 Å². The van der Waals surface area contributed by atoms with Crippen LogP contribution < -0.4 is 10.2 Å². The highest BCUT2D eigenvalue weighted by Gasteiger charge is 2.43. The zero-order valence-electron chi connectivity index (χ0n) is 17.1. The average molecular weight is 387 g/mol. The van der Waals surface area contributed by atoms with Crippen LogP contribution in [-0.4, -0.2) is 51.1 Å². The van der Waals surface area contributed by atoms with Crippen LogP contribution in [0.2, 0.25) is 0 Å². The van der Waals surface area contributed by atoms with Gasteiger partial charge >= 0.3 is 6.09 Å². The zero-order chi connectivity index (χ0) is 19.7. The summed E-state index contributed by atoms with van der Waals surface area (Å²) < 4.78 is 7.61. The summed E-state index contributed by atoms with van der Waals surface area (Å²) in [6, 6.07) is 0. The molecule has 2 aromatic rings. The molecule has 4 heterocycles. The number of nitrogens with one attached hydrogen (secondary N) is 1. The summed E-state index contributed by atoms with van der Waals surface area (Å²) in [5, 5.41) is 8.80. The van der Waals surface area contributed by atoms with Crippen LogP contribution >= 0.6 is 0 Å². The van der Waals surface area contributed by atoms with Gasteiger partial charge in [-0.3, -0.25) is 0 Å². The smallest absolute Gasteiger partial charge is 0.407 e. The van der Waals surface area contributed by atoms with Crippen LogP contribution in [0.4, 0.5) is 10.6 Å². The van der Waals surface area contributed by atoms with Crippen molar-refractivity contribution in [3.05, 3.63) is 12.0 Å². The van der Waals surface area contributed by atoms with Gasteiger partial charge in [-0.05, 0) is 18.8 Å². The van der Waals surface area contributed by atoms with Gasteiger partial charge in [-0.25, -0.2) is 19.4 Å². The Balaban J connectivity index is 1.65. The van der Waals surface area contributed by atoms with Crippen molar-refractivity contribution in [1.29, 1.82) is 0 Å². The molecule has 2 fully saturated rings. The fourth-order valence-corrected chi connectivity index (χ4v) is 4.20. The van der Waals surface area contributed by atoms with E-state index >= 15 is 0 Å². The number of piperidine rings is 1. The highest BCUT2D eigenvalue weighted by molar-refractivity contribution is 5.90. The Morgan fingerprint density at radius 3 is 2.71 bits per heavy atom. The molecule has 2 aromatic heterocycles. The summed E-state index contributed by atoms with van der Waals surface area (Å²) in [6.07, 6.45) is 6.09. The van der Waals surface area contributed by atoms with E-state index in [9.17, 15) is 4.79 Å². The summed E-state index contributed by atoms with van der Waals surface area (Å²) in [5.41, 5.74) is 1.67. The van der Waals surface area contributed by atoms with Crippen molar-refractivity contribution >= 4 is 22.9 Å². The molecule has 2 aliphatic heterocycles. The Bertz CT molecular complexity index is 854. The second-order valence-corrected chi connectivity index (χ2v) is 8.43.